The fourth-order valence-corrected chi connectivity index (χ4v) is 4.54. The molecule has 0 heterocycles. The van der Waals surface area contributed by atoms with Crippen LogP contribution in [0, 0.1) is 11.8 Å². The molecule has 2 heteroatoms. The molecule has 4 fully saturated rings. The Morgan fingerprint density at radius 1 is 1.27 bits per heavy atom. The molecule has 1 N–H and O–H groups in total. The number of hydrogen-bond donors (Lipinski definition) is 1. The summed E-state index contributed by atoms with van der Waals surface area (Å²) in [5.41, 5.74) is -0.404. The van der Waals surface area contributed by atoms with Gasteiger partial charge in [-0.1, -0.05) is 6.08 Å². The predicted octanol–water partition coefficient (Wildman–Crippen LogP) is 2.27. The molecule has 2 nitrogen and oxygen atoms in total. The van der Waals surface area contributed by atoms with E-state index in [-0.39, 0.29) is 5.60 Å². The van der Waals surface area contributed by atoms with E-state index in [1.165, 1.54) is 19.3 Å². The van der Waals surface area contributed by atoms with Gasteiger partial charge in [-0.2, -0.15) is 0 Å². The molecular formula is C13H20O2. The highest BCUT2D eigenvalue weighted by atomic mass is 16.5. The van der Waals surface area contributed by atoms with Crippen molar-refractivity contribution in [2.24, 2.45) is 11.8 Å². The quantitative estimate of drug-likeness (QED) is 0.721. The van der Waals surface area contributed by atoms with Gasteiger partial charge in [-0.15, -0.1) is 6.58 Å². The van der Waals surface area contributed by atoms with Gasteiger partial charge < -0.3 is 9.84 Å². The van der Waals surface area contributed by atoms with Crippen LogP contribution in [0.15, 0.2) is 12.7 Å². The molecule has 2 atom stereocenters. The fourth-order valence-electron chi connectivity index (χ4n) is 4.54. The topological polar surface area (TPSA) is 29.5 Å². The second kappa shape index (κ2) is 3.08. The lowest BCUT2D eigenvalue weighted by molar-refractivity contribution is -0.215. The lowest BCUT2D eigenvalue weighted by Gasteiger charge is -2.59. The van der Waals surface area contributed by atoms with Crippen molar-refractivity contribution in [3.63, 3.8) is 0 Å². The molecule has 4 rings (SSSR count). The highest BCUT2D eigenvalue weighted by Gasteiger charge is 2.57. The molecule has 15 heavy (non-hydrogen) atoms. The molecule has 0 aromatic heterocycles. The summed E-state index contributed by atoms with van der Waals surface area (Å²) in [5, 5.41) is 10.5. The van der Waals surface area contributed by atoms with E-state index < -0.39 is 5.60 Å². The van der Waals surface area contributed by atoms with E-state index >= 15 is 0 Å². The van der Waals surface area contributed by atoms with Crippen molar-refractivity contribution in [1.29, 1.82) is 0 Å². The predicted molar refractivity (Wildman–Crippen MR) is 58.5 cm³/mol. The molecule has 4 saturated carbocycles. The maximum Gasteiger partial charge on any atom is 0.0719 e. The van der Waals surface area contributed by atoms with Gasteiger partial charge in [0.15, 0.2) is 0 Å². The summed E-state index contributed by atoms with van der Waals surface area (Å²) in [7, 11) is 0. The Bertz CT molecular complexity index is 270. The molecular weight excluding hydrogens is 188 g/mol. The van der Waals surface area contributed by atoms with E-state index in [0.29, 0.717) is 18.4 Å². The monoisotopic (exact) mass is 208 g/mol. The maximum absolute atomic E-state index is 10.5. The van der Waals surface area contributed by atoms with Gasteiger partial charge in [-0.05, 0) is 43.9 Å². The first-order valence-electron chi connectivity index (χ1n) is 6.10. The lowest BCUT2D eigenvalue weighted by Crippen LogP contribution is -2.59. The van der Waals surface area contributed by atoms with Crippen LogP contribution in [-0.4, -0.2) is 22.9 Å². The van der Waals surface area contributed by atoms with Crippen LogP contribution in [0.25, 0.3) is 0 Å². The lowest BCUT2D eigenvalue weighted by atomic mass is 9.52. The normalized spacial score (nSPS) is 52.1. The molecule has 0 aromatic rings. The van der Waals surface area contributed by atoms with E-state index in [2.05, 4.69) is 6.58 Å². The zero-order chi connectivity index (χ0) is 10.5. The summed E-state index contributed by atoms with van der Waals surface area (Å²) in [4.78, 5) is 0. The number of rotatable bonds is 3. The van der Waals surface area contributed by atoms with Crippen molar-refractivity contribution in [3.8, 4) is 0 Å². The summed E-state index contributed by atoms with van der Waals surface area (Å²) in [6.45, 7) is 4.34. The minimum absolute atomic E-state index is 0.00692. The largest absolute Gasteiger partial charge is 0.390 e. The Morgan fingerprint density at radius 3 is 2.47 bits per heavy atom. The molecule has 0 aliphatic heterocycles. The van der Waals surface area contributed by atoms with E-state index in [4.69, 9.17) is 4.74 Å². The van der Waals surface area contributed by atoms with E-state index in [0.717, 1.165) is 19.3 Å². The van der Waals surface area contributed by atoms with E-state index in [1.807, 2.05) is 6.08 Å². The molecule has 0 saturated heterocycles. The standard InChI is InChI=1S/C13H20O2/c1-2-3-15-13-7-10-4-11(8-13)6-12(14,5-10)9-13/h2,10-11,14H,1,3-9H2. The van der Waals surface area contributed by atoms with Crippen LogP contribution in [0.3, 0.4) is 0 Å². The van der Waals surface area contributed by atoms with Gasteiger partial charge in [0.2, 0.25) is 0 Å². The summed E-state index contributed by atoms with van der Waals surface area (Å²) in [5.74, 6) is 1.42. The van der Waals surface area contributed by atoms with Crippen LogP contribution in [0.2, 0.25) is 0 Å². The summed E-state index contributed by atoms with van der Waals surface area (Å²) < 4.78 is 5.98. The SMILES string of the molecule is C=CCOC12CC3CC(CC(O)(C3)C1)C2. The molecule has 4 aliphatic rings. The highest BCUT2D eigenvalue weighted by Crippen LogP contribution is 2.58. The van der Waals surface area contributed by atoms with Crippen molar-refractivity contribution < 1.29 is 9.84 Å². The Hall–Kier alpha value is -0.340. The first-order valence-corrected chi connectivity index (χ1v) is 6.10. The van der Waals surface area contributed by atoms with Crippen molar-refractivity contribution in [2.45, 2.75) is 49.7 Å². The van der Waals surface area contributed by atoms with Crippen molar-refractivity contribution in [2.75, 3.05) is 6.61 Å². The third-order valence-electron chi connectivity index (χ3n) is 4.48. The van der Waals surface area contributed by atoms with Gasteiger partial charge in [-0.25, -0.2) is 0 Å². The zero-order valence-electron chi connectivity index (χ0n) is 9.24. The zero-order valence-corrected chi connectivity index (χ0v) is 9.24. The average Bonchev–Trinajstić information content (AvgIpc) is 2.10. The smallest absolute Gasteiger partial charge is 0.0719 e. The van der Waals surface area contributed by atoms with Gasteiger partial charge in [0.05, 0.1) is 17.8 Å². The number of aliphatic hydroxyl groups is 1. The number of ether oxygens (including phenoxy) is 1. The second-order valence-corrected chi connectivity index (χ2v) is 5.97. The minimum Gasteiger partial charge on any atom is -0.390 e. The molecule has 84 valence electrons. The Balaban J connectivity index is 1.83. The van der Waals surface area contributed by atoms with Crippen LogP contribution in [0.1, 0.15) is 38.5 Å². The summed E-state index contributed by atoms with van der Waals surface area (Å²) in [6.07, 6.45) is 8.37. The van der Waals surface area contributed by atoms with Crippen molar-refractivity contribution in [3.05, 3.63) is 12.7 Å². The molecule has 0 amide bonds. The first kappa shape index (κ1) is 9.86. The minimum atomic E-state index is -0.398. The van der Waals surface area contributed by atoms with Gasteiger partial charge in [0, 0.05) is 6.42 Å². The van der Waals surface area contributed by atoms with Gasteiger partial charge >= 0.3 is 0 Å². The van der Waals surface area contributed by atoms with Crippen LogP contribution >= 0.6 is 0 Å². The number of hydrogen-bond acceptors (Lipinski definition) is 2. The molecule has 0 aromatic carbocycles. The van der Waals surface area contributed by atoms with Crippen molar-refractivity contribution >= 4 is 0 Å². The van der Waals surface area contributed by atoms with Crippen molar-refractivity contribution in [1.82, 2.24) is 0 Å². The van der Waals surface area contributed by atoms with Crippen LogP contribution in [0.5, 0.6) is 0 Å². The maximum atomic E-state index is 10.5. The van der Waals surface area contributed by atoms with Gasteiger partial charge in [0.1, 0.15) is 0 Å². The Kier molecular flexibility index (Phi) is 2.02. The van der Waals surface area contributed by atoms with Gasteiger partial charge in [0.25, 0.3) is 0 Å². The first-order chi connectivity index (χ1) is 7.13. The molecule has 4 aliphatic carbocycles. The Labute approximate surface area is 91.3 Å². The molecule has 2 unspecified atom stereocenters. The second-order valence-electron chi connectivity index (χ2n) is 5.97. The highest BCUT2D eigenvalue weighted by molar-refractivity contribution is 5.10. The average molecular weight is 208 g/mol. The molecule has 4 bridgehead atoms. The van der Waals surface area contributed by atoms with Crippen LogP contribution in [-0.2, 0) is 4.74 Å². The fraction of sp³-hybridized carbons (Fsp3) is 0.846. The third-order valence-corrected chi connectivity index (χ3v) is 4.48. The van der Waals surface area contributed by atoms with Gasteiger partial charge in [-0.3, -0.25) is 0 Å². The molecule has 0 radical (unpaired) electrons. The summed E-state index contributed by atoms with van der Waals surface area (Å²) in [6, 6.07) is 0. The van der Waals surface area contributed by atoms with Crippen LogP contribution in [0.4, 0.5) is 0 Å². The van der Waals surface area contributed by atoms with E-state index in [9.17, 15) is 5.11 Å². The molecule has 0 spiro atoms. The summed E-state index contributed by atoms with van der Waals surface area (Å²) >= 11 is 0. The third kappa shape index (κ3) is 1.55. The van der Waals surface area contributed by atoms with Crippen LogP contribution < -0.4 is 0 Å². The Morgan fingerprint density at radius 2 is 1.93 bits per heavy atom. The van der Waals surface area contributed by atoms with E-state index in [1.54, 1.807) is 0 Å².